The molecule has 10 aromatic rings. The molecule has 4 aromatic heterocycles. The lowest BCUT2D eigenvalue weighted by Crippen LogP contribution is -2.47. The van der Waals surface area contributed by atoms with Crippen LogP contribution in [-0.2, 0) is 53.6 Å². The maximum atomic E-state index is 14.1. The number of ether oxygens (including phenoxy) is 4. The smallest absolute Gasteiger partial charge is 0.305 e. The average Bonchev–Trinajstić information content (AvgIpc) is 1.61. The van der Waals surface area contributed by atoms with E-state index in [2.05, 4.69) is 106 Å². The molecule has 7 heterocycles. The highest BCUT2D eigenvalue weighted by Crippen LogP contribution is 2.47. The quantitative estimate of drug-likeness (QED) is 0.0248. The van der Waals surface area contributed by atoms with Crippen molar-refractivity contribution in [1.29, 1.82) is 0 Å². The Morgan fingerprint density at radius 3 is 1.49 bits per heavy atom. The Kier molecular flexibility index (Phi) is 25.1. The molecule has 0 radical (unpaired) electrons. The van der Waals surface area contributed by atoms with Crippen LogP contribution in [0.4, 0.5) is 22.7 Å². The summed E-state index contributed by atoms with van der Waals surface area (Å²) in [5.74, 6) is -1.73. The molecule has 17 rings (SSSR count). The number of morpholine rings is 1. The maximum Gasteiger partial charge on any atom is 0.305 e. The molecule has 3 fully saturated rings. The second-order valence-corrected chi connectivity index (χ2v) is 38.8. The predicted octanol–water partition coefficient (Wildman–Crippen LogP) is 16.2. The number of anilines is 2. The zero-order valence-electron chi connectivity index (χ0n) is 69.6. The first kappa shape index (κ1) is 86.2. The Bertz CT molecular complexity index is 6170. The van der Waals surface area contributed by atoms with Crippen molar-refractivity contribution in [2.75, 3.05) is 115 Å². The van der Waals surface area contributed by atoms with E-state index in [0.717, 1.165) is 154 Å². The molecule has 2 amide bonds. The summed E-state index contributed by atoms with van der Waals surface area (Å²) < 4.78 is 82.7. The first-order chi connectivity index (χ1) is 59.4. The standard InChI is InChI=1S/C47H50ClN7O7S.C45H47ClN6O8S/c1-47(2)11-9-34(42(27-47)32-3-5-36(48)6-4-32)30-52-13-15-54(16-14-52)37-7-8-40(44(25-37)62-38-23-33-10-12-49-45(33)50-28-38)46(56)51-63(59,60)39-24-35-21-31(29-53-17-19-61-20-18-53)22-41(35)43(26-39)55(57)58;1-45(2)12-10-31(39(25-45)29-4-6-33(46)7-5-29)27-50-14-16-51(17-15-50)34-8-9-37(41(23-34)60-35-21-30-11-13-47-43(30)48-26-35)44(54)49-61(57,58)36-22-32-18-28(20-42(53)59-3)19-38(32)40(24-36)52(55)56/h3-8,10,12,21,23-26,28H,9,11,13-20,22,27,29-30H2,1-2H3,(H,49,50)(H,51,56);4-9,11,13,21-24,26,28H,10,12,14-20,25,27H2,1-3H3,(H,47,48)(H,49,54)/t;28-/m.1/s1. The molecule has 4 aliphatic carbocycles. The van der Waals surface area contributed by atoms with Crippen molar-refractivity contribution in [2.24, 2.45) is 16.7 Å². The van der Waals surface area contributed by atoms with E-state index >= 15 is 0 Å². The van der Waals surface area contributed by atoms with Crippen LogP contribution in [0.3, 0.4) is 0 Å². The number of amides is 2. The number of nitro groups is 2. The minimum Gasteiger partial charge on any atom is -0.469 e. The number of carbonyl (C=O) groups excluding carboxylic acids is 3. The average molecular weight is 1760 g/mol. The van der Waals surface area contributed by atoms with Crippen molar-refractivity contribution in [3.8, 4) is 23.0 Å². The summed E-state index contributed by atoms with van der Waals surface area (Å²) in [6, 6.07) is 38.4. The van der Waals surface area contributed by atoms with Gasteiger partial charge in [-0.1, -0.05) is 98.0 Å². The Hall–Kier alpha value is -11.4. The van der Waals surface area contributed by atoms with E-state index in [1.807, 2.05) is 42.5 Å². The van der Waals surface area contributed by atoms with E-state index in [9.17, 15) is 51.4 Å². The Labute approximate surface area is 729 Å². The summed E-state index contributed by atoms with van der Waals surface area (Å²) in [5.41, 5.74) is 13.4. The Morgan fingerprint density at radius 2 is 1.02 bits per heavy atom. The lowest BCUT2D eigenvalue weighted by atomic mass is 9.72. The number of nitrogens with one attached hydrogen (secondary N) is 4. The van der Waals surface area contributed by atoms with E-state index < -0.39 is 52.6 Å². The molecule has 0 spiro atoms. The Morgan fingerprint density at radius 1 is 0.565 bits per heavy atom. The molecule has 7 aliphatic rings. The van der Waals surface area contributed by atoms with Crippen LogP contribution in [0.25, 0.3) is 39.3 Å². The van der Waals surface area contributed by atoms with Gasteiger partial charge >= 0.3 is 5.97 Å². The fourth-order valence-electron chi connectivity index (χ4n) is 17.9. The van der Waals surface area contributed by atoms with Gasteiger partial charge in [-0.25, -0.2) is 36.2 Å². The number of esters is 1. The van der Waals surface area contributed by atoms with Crippen LogP contribution in [0.2, 0.25) is 10.0 Å². The predicted molar refractivity (Wildman–Crippen MR) is 477 cm³/mol. The van der Waals surface area contributed by atoms with E-state index in [0.29, 0.717) is 84.3 Å². The molecular weight excluding hydrogens is 1660 g/mol. The van der Waals surface area contributed by atoms with Crippen LogP contribution < -0.4 is 28.7 Å². The third-order valence-electron chi connectivity index (χ3n) is 24.7. The number of H-pyrrole nitrogens is 2. The minimum absolute atomic E-state index is 0.0274. The highest BCUT2D eigenvalue weighted by Gasteiger charge is 2.38. The number of hydrogen-bond acceptors (Lipinski definition) is 22. The molecule has 646 valence electrons. The van der Waals surface area contributed by atoms with E-state index in [1.165, 1.54) is 71.1 Å². The van der Waals surface area contributed by atoms with Crippen LogP contribution in [0.1, 0.15) is 127 Å². The highest BCUT2D eigenvalue weighted by atomic mass is 35.5. The Balaban J connectivity index is 0.000000183. The van der Waals surface area contributed by atoms with Crippen LogP contribution in [0.5, 0.6) is 23.0 Å². The normalized spacial score (nSPS) is 18.1. The van der Waals surface area contributed by atoms with Crippen molar-refractivity contribution < 1.29 is 60.0 Å². The number of aromatic nitrogens is 4. The number of piperazine rings is 2. The van der Waals surface area contributed by atoms with Crippen LogP contribution in [0.15, 0.2) is 185 Å². The minimum atomic E-state index is -4.61. The fourth-order valence-corrected chi connectivity index (χ4v) is 20.2. The molecule has 0 bridgehead atoms. The first-order valence-corrected chi connectivity index (χ1v) is 45.3. The number of halogens is 2. The number of pyridine rings is 2. The molecule has 3 aliphatic heterocycles. The molecule has 6 aromatic carbocycles. The van der Waals surface area contributed by atoms with E-state index in [4.69, 9.17) is 42.1 Å². The monoisotopic (exact) mass is 1760 g/mol. The zero-order valence-corrected chi connectivity index (χ0v) is 72.7. The highest BCUT2D eigenvalue weighted by molar-refractivity contribution is 7.90. The number of hydrogen-bond donors (Lipinski definition) is 4. The number of carbonyl (C=O) groups is 3. The van der Waals surface area contributed by atoms with Gasteiger partial charge in [0.15, 0.2) is 0 Å². The molecule has 0 unspecified atom stereocenters. The molecule has 28 nitrogen and oxygen atoms in total. The molecule has 4 N–H and O–H groups in total. The summed E-state index contributed by atoms with van der Waals surface area (Å²) in [7, 11) is -7.93. The van der Waals surface area contributed by atoms with Gasteiger partial charge in [-0.15, -0.1) is 0 Å². The number of aromatic amines is 2. The number of allylic oxidation sites excluding steroid dienone is 2. The number of nitro benzene ring substituents is 2. The lowest BCUT2D eigenvalue weighted by Gasteiger charge is -2.39. The SMILES string of the molecule is CC1(C)CCC(CN2CCN(c3ccc(C(=O)NS(=O)(=O)c4cc5c(c([N+](=O)[O-])c4)CC(CN4CCOCC4)=C5)c(Oc4cnc5[nH]ccc5c4)c3)CC2)=C(c2ccc(Cl)cc2)C1.COC(=O)C[C@@H]1Cc2cc(S(=O)(=O)NC(=O)c3ccc(N4CCN(CC5=C(c6ccc(Cl)cc6)CC(C)(C)CC5)CC4)cc3Oc3cnc4[nH]ccc4c3)cc([N+](=O)[O-])c2C1. The van der Waals surface area contributed by atoms with Gasteiger partial charge in [0, 0.05) is 178 Å². The molecular formula is C92H97Cl2N13O15S2. The summed E-state index contributed by atoms with van der Waals surface area (Å²) in [4.78, 5) is 88.9. The molecule has 32 heteroatoms. The van der Waals surface area contributed by atoms with Gasteiger partial charge in [0.05, 0.1) is 63.5 Å². The van der Waals surface area contributed by atoms with Crippen LogP contribution in [-0.4, -0.2) is 185 Å². The number of methoxy groups -OCH3 is 1. The summed E-state index contributed by atoms with van der Waals surface area (Å²) in [5, 5.41) is 27.4. The third kappa shape index (κ3) is 19.9. The van der Waals surface area contributed by atoms with Crippen molar-refractivity contribution >= 4 is 123 Å². The van der Waals surface area contributed by atoms with E-state index in [-0.39, 0.29) is 74.9 Å². The molecule has 124 heavy (non-hydrogen) atoms. The van der Waals surface area contributed by atoms with Gasteiger partial charge in [0.2, 0.25) is 0 Å². The van der Waals surface area contributed by atoms with Crippen LogP contribution in [0, 0.1) is 37.0 Å². The van der Waals surface area contributed by atoms with Gasteiger partial charge in [-0.2, -0.15) is 0 Å². The molecule has 0 saturated carbocycles. The van der Waals surface area contributed by atoms with Gasteiger partial charge in [-0.05, 0) is 186 Å². The largest absolute Gasteiger partial charge is 0.469 e. The summed E-state index contributed by atoms with van der Waals surface area (Å²) in [6.45, 7) is 20.5. The van der Waals surface area contributed by atoms with Crippen molar-refractivity contribution in [2.45, 2.75) is 102 Å². The maximum absolute atomic E-state index is 14.1. The number of nitrogens with zero attached hydrogens (tertiary/aromatic N) is 9. The third-order valence-corrected chi connectivity index (χ3v) is 27.8. The van der Waals surface area contributed by atoms with E-state index in [1.54, 1.807) is 54.9 Å². The lowest BCUT2D eigenvalue weighted by molar-refractivity contribution is -0.385. The zero-order chi connectivity index (χ0) is 86.9. The number of rotatable bonds is 24. The van der Waals surface area contributed by atoms with Gasteiger partial charge in [0.1, 0.15) is 34.3 Å². The number of sulfonamides is 2. The molecule has 1 atom stereocenters. The van der Waals surface area contributed by atoms with Crippen molar-refractivity contribution in [3.63, 3.8) is 0 Å². The summed E-state index contributed by atoms with van der Waals surface area (Å²) >= 11 is 12.5. The second-order valence-electron chi connectivity index (χ2n) is 34.5. The number of benzene rings is 6. The van der Waals surface area contributed by atoms with Gasteiger partial charge in [-0.3, -0.25) is 49.3 Å². The topological polar surface area (TPSA) is 340 Å². The van der Waals surface area contributed by atoms with Crippen molar-refractivity contribution in [3.05, 3.63) is 250 Å². The molecule has 3 saturated heterocycles. The summed E-state index contributed by atoms with van der Waals surface area (Å²) in [6.07, 6.45) is 15.6. The second kappa shape index (κ2) is 36.1. The van der Waals surface area contributed by atoms with Crippen molar-refractivity contribution in [1.82, 2.24) is 44.1 Å². The number of fused-ring (bicyclic) bond motifs is 4. The van der Waals surface area contributed by atoms with Crippen LogP contribution >= 0.6 is 23.2 Å². The van der Waals surface area contributed by atoms with Gasteiger partial charge in [0.25, 0.3) is 43.2 Å². The fraction of sp³-hybridized carbons (Fsp3) is 0.359. The first-order valence-electron chi connectivity index (χ1n) is 41.6. The van der Waals surface area contributed by atoms with Gasteiger partial charge < -0.3 is 38.7 Å².